The van der Waals surface area contributed by atoms with Crippen molar-refractivity contribution in [1.82, 2.24) is 0 Å². The molecule has 100 valence electrons. The van der Waals surface area contributed by atoms with E-state index in [1.165, 1.54) is 0 Å². The van der Waals surface area contributed by atoms with Gasteiger partial charge in [0.15, 0.2) is 0 Å². The van der Waals surface area contributed by atoms with Crippen molar-refractivity contribution in [2.45, 2.75) is 20.3 Å². The fraction of sp³-hybridized carbons (Fsp3) is 0.462. The molecular weight excluding hydrogens is 230 g/mol. The van der Waals surface area contributed by atoms with E-state index in [4.69, 9.17) is 16.2 Å². The second-order valence-electron chi connectivity index (χ2n) is 4.02. The number of likely N-dealkylation sites (N-methyl/N-ethyl adjacent to an activating group) is 1. The third kappa shape index (κ3) is 3.55. The number of carbonyl (C=O) groups is 1. The molecule has 0 aromatic heterocycles. The van der Waals surface area contributed by atoms with Crippen molar-refractivity contribution in [3.05, 3.63) is 18.2 Å². The average Bonchev–Trinajstić information content (AvgIpc) is 2.35. The molecule has 0 unspecified atom stereocenters. The fourth-order valence-electron chi connectivity index (χ4n) is 1.70. The zero-order chi connectivity index (χ0) is 13.5. The minimum absolute atomic E-state index is 0.151. The number of benzene rings is 1. The second-order valence-corrected chi connectivity index (χ2v) is 4.02. The molecule has 0 aliphatic rings. The van der Waals surface area contributed by atoms with E-state index in [2.05, 4.69) is 0 Å². The Kier molecular flexibility index (Phi) is 5.30. The summed E-state index contributed by atoms with van der Waals surface area (Å²) in [5.41, 5.74) is 12.6. The topological polar surface area (TPSA) is 81.6 Å². The average molecular weight is 251 g/mol. The summed E-state index contributed by atoms with van der Waals surface area (Å²) in [6, 6.07) is 5.55. The predicted octanol–water partition coefficient (Wildman–Crippen LogP) is 1.37. The molecule has 5 nitrogen and oxygen atoms in total. The lowest BCUT2D eigenvalue weighted by molar-refractivity contribution is -0.116. The van der Waals surface area contributed by atoms with Gasteiger partial charge in [0.05, 0.1) is 24.5 Å². The standard InChI is InChI=1S/C13H21N3O2/c1-3-8-18-11-7-5-6-10(13(11)15)16(4-2)9-12(14)17/h5-7H,3-4,8-9,15H2,1-2H3,(H2,14,17). The maximum absolute atomic E-state index is 11.0. The van der Waals surface area contributed by atoms with E-state index >= 15 is 0 Å². The molecule has 0 aliphatic heterocycles. The first-order valence-corrected chi connectivity index (χ1v) is 6.14. The molecule has 0 spiro atoms. The summed E-state index contributed by atoms with van der Waals surface area (Å²) in [6.45, 7) is 5.41. The normalized spacial score (nSPS) is 10.1. The molecule has 0 bridgehead atoms. The molecule has 0 saturated carbocycles. The van der Waals surface area contributed by atoms with Crippen LogP contribution in [0.25, 0.3) is 0 Å². The molecule has 1 rings (SSSR count). The van der Waals surface area contributed by atoms with Gasteiger partial charge in [-0.3, -0.25) is 4.79 Å². The van der Waals surface area contributed by atoms with Crippen molar-refractivity contribution in [2.75, 3.05) is 30.3 Å². The zero-order valence-corrected chi connectivity index (χ0v) is 11.0. The van der Waals surface area contributed by atoms with Gasteiger partial charge in [-0.1, -0.05) is 13.0 Å². The molecule has 0 radical (unpaired) electrons. The van der Waals surface area contributed by atoms with Crippen LogP contribution < -0.4 is 21.1 Å². The maximum Gasteiger partial charge on any atom is 0.236 e. The number of carbonyl (C=O) groups excluding carboxylic acids is 1. The Labute approximate surface area is 108 Å². The first-order valence-electron chi connectivity index (χ1n) is 6.14. The van der Waals surface area contributed by atoms with Gasteiger partial charge in [-0.2, -0.15) is 0 Å². The van der Waals surface area contributed by atoms with Gasteiger partial charge >= 0.3 is 0 Å². The highest BCUT2D eigenvalue weighted by molar-refractivity contribution is 5.83. The van der Waals surface area contributed by atoms with Crippen LogP contribution in [0.5, 0.6) is 5.75 Å². The van der Waals surface area contributed by atoms with Crippen molar-refractivity contribution < 1.29 is 9.53 Å². The number of nitrogens with zero attached hydrogens (tertiary/aromatic N) is 1. The van der Waals surface area contributed by atoms with Crippen molar-refractivity contribution >= 4 is 17.3 Å². The Bertz CT molecular complexity index is 407. The van der Waals surface area contributed by atoms with Gasteiger partial charge in [0.1, 0.15) is 5.75 Å². The third-order valence-corrected chi connectivity index (χ3v) is 2.57. The van der Waals surface area contributed by atoms with Crippen LogP contribution in [-0.4, -0.2) is 25.6 Å². The Morgan fingerprint density at radius 1 is 1.39 bits per heavy atom. The van der Waals surface area contributed by atoms with Gasteiger partial charge in [-0.05, 0) is 25.5 Å². The molecule has 1 amide bonds. The van der Waals surface area contributed by atoms with Crippen LogP contribution in [0.4, 0.5) is 11.4 Å². The van der Waals surface area contributed by atoms with Crippen LogP contribution in [0.1, 0.15) is 20.3 Å². The third-order valence-electron chi connectivity index (χ3n) is 2.57. The molecular formula is C13H21N3O2. The highest BCUT2D eigenvalue weighted by Gasteiger charge is 2.13. The van der Waals surface area contributed by atoms with Crippen molar-refractivity contribution in [2.24, 2.45) is 5.73 Å². The fourth-order valence-corrected chi connectivity index (χ4v) is 1.70. The summed E-state index contributed by atoms with van der Waals surface area (Å²) in [4.78, 5) is 12.8. The van der Waals surface area contributed by atoms with Gasteiger partial charge < -0.3 is 21.1 Å². The van der Waals surface area contributed by atoms with E-state index in [-0.39, 0.29) is 12.5 Å². The van der Waals surface area contributed by atoms with Gasteiger partial charge in [-0.15, -0.1) is 0 Å². The largest absolute Gasteiger partial charge is 0.491 e. The Morgan fingerprint density at radius 2 is 2.11 bits per heavy atom. The van der Waals surface area contributed by atoms with Gasteiger partial charge in [-0.25, -0.2) is 0 Å². The predicted molar refractivity (Wildman–Crippen MR) is 73.7 cm³/mol. The monoisotopic (exact) mass is 251 g/mol. The number of nitrogen functional groups attached to an aromatic ring is 1. The Balaban J connectivity index is 2.96. The molecule has 1 aromatic rings. The number of amides is 1. The summed E-state index contributed by atoms with van der Waals surface area (Å²) in [5.74, 6) is 0.272. The number of rotatable bonds is 7. The SMILES string of the molecule is CCCOc1cccc(N(CC)CC(N)=O)c1N. The van der Waals surface area contributed by atoms with Crippen molar-refractivity contribution in [3.63, 3.8) is 0 Å². The molecule has 0 saturated heterocycles. The summed E-state index contributed by atoms with van der Waals surface area (Å²) in [7, 11) is 0. The van der Waals surface area contributed by atoms with Gasteiger partial charge in [0.25, 0.3) is 0 Å². The van der Waals surface area contributed by atoms with E-state index in [1.807, 2.05) is 36.9 Å². The summed E-state index contributed by atoms with van der Waals surface area (Å²) < 4.78 is 5.56. The number of nitrogens with two attached hydrogens (primary N) is 2. The smallest absolute Gasteiger partial charge is 0.236 e. The van der Waals surface area contributed by atoms with Crippen molar-refractivity contribution in [3.8, 4) is 5.75 Å². The molecule has 0 aliphatic carbocycles. The zero-order valence-electron chi connectivity index (χ0n) is 11.0. The van der Waals surface area contributed by atoms with E-state index < -0.39 is 0 Å². The van der Waals surface area contributed by atoms with Crippen LogP contribution in [0.15, 0.2) is 18.2 Å². The summed E-state index contributed by atoms with van der Waals surface area (Å²) >= 11 is 0. The Hall–Kier alpha value is -1.91. The lowest BCUT2D eigenvalue weighted by Crippen LogP contribution is -2.34. The quantitative estimate of drug-likeness (QED) is 0.717. The number of hydrogen-bond donors (Lipinski definition) is 2. The number of para-hydroxylation sites is 1. The van der Waals surface area contributed by atoms with Gasteiger partial charge in [0, 0.05) is 6.54 Å². The molecule has 1 aromatic carbocycles. The number of anilines is 2. The molecule has 4 N–H and O–H groups in total. The molecule has 5 heteroatoms. The molecule has 0 fully saturated rings. The summed E-state index contributed by atoms with van der Waals surface area (Å²) in [5, 5.41) is 0. The number of primary amides is 1. The van der Waals surface area contributed by atoms with E-state index in [1.54, 1.807) is 0 Å². The number of hydrogen-bond acceptors (Lipinski definition) is 4. The number of ether oxygens (including phenoxy) is 1. The summed E-state index contributed by atoms with van der Waals surface area (Å²) in [6.07, 6.45) is 0.919. The van der Waals surface area contributed by atoms with Crippen LogP contribution in [0, 0.1) is 0 Å². The van der Waals surface area contributed by atoms with Crippen LogP contribution in [0.2, 0.25) is 0 Å². The first-order chi connectivity index (χ1) is 8.60. The highest BCUT2D eigenvalue weighted by Crippen LogP contribution is 2.32. The van der Waals surface area contributed by atoms with Crippen LogP contribution in [-0.2, 0) is 4.79 Å². The lowest BCUT2D eigenvalue weighted by atomic mass is 10.2. The van der Waals surface area contributed by atoms with Gasteiger partial charge in [0.2, 0.25) is 5.91 Å². The Morgan fingerprint density at radius 3 is 2.67 bits per heavy atom. The minimum Gasteiger partial charge on any atom is -0.491 e. The van der Waals surface area contributed by atoms with Crippen molar-refractivity contribution in [1.29, 1.82) is 0 Å². The minimum atomic E-state index is -0.379. The second kappa shape index (κ2) is 6.74. The molecule has 0 atom stereocenters. The lowest BCUT2D eigenvalue weighted by Gasteiger charge is -2.24. The van der Waals surface area contributed by atoms with Crippen LogP contribution in [0.3, 0.4) is 0 Å². The molecule has 0 heterocycles. The van der Waals surface area contributed by atoms with E-state index in [9.17, 15) is 4.79 Å². The highest BCUT2D eigenvalue weighted by atomic mass is 16.5. The maximum atomic E-state index is 11.0. The first kappa shape index (κ1) is 14.2. The van der Waals surface area contributed by atoms with Crippen LogP contribution >= 0.6 is 0 Å². The van der Waals surface area contributed by atoms with E-state index in [0.717, 1.165) is 12.1 Å². The van der Waals surface area contributed by atoms with E-state index in [0.29, 0.717) is 24.6 Å². The molecule has 18 heavy (non-hydrogen) atoms.